The largest absolute Gasteiger partial charge is 0.460 e. The molecule has 0 aliphatic heterocycles. The zero-order valence-electron chi connectivity index (χ0n) is 6.81. The van der Waals surface area contributed by atoms with Crippen molar-refractivity contribution in [2.45, 2.75) is 26.9 Å². The monoisotopic (exact) mass is 145 g/mol. The van der Waals surface area contributed by atoms with E-state index in [4.69, 9.17) is 4.74 Å². The van der Waals surface area contributed by atoms with Crippen molar-refractivity contribution in [3.8, 4) is 0 Å². The molecule has 0 saturated heterocycles. The Morgan fingerprint density at radius 2 is 1.90 bits per heavy atom. The van der Waals surface area contributed by atoms with Crippen molar-refractivity contribution in [2.75, 3.05) is 0 Å². The second kappa shape index (κ2) is 4.99. The minimum atomic E-state index is -0.315. The van der Waals surface area contributed by atoms with Crippen molar-refractivity contribution in [1.82, 2.24) is 6.15 Å². The molecule has 0 unspecified atom stereocenters. The minimum Gasteiger partial charge on any atom is -0.460 e. The molecule has 0 spiro atoms. The van der Waals surface area contributed by atoms with Gasteiger partial charge in [-0.15, -0.1) is 0 Å². The van der Waals surface area contributed by atoms with E-state index in [1.807, 2.05) is 0 Å². The molecule has 0 aromatic rings. The molecular formula is C7H15NO2. The lowest BCUT2D eigenvalue weighted by Crippen LogP contribution is -2.11. The van der Waals surface area contributed by atoms with Gasteiger partial charge in [-0.1, -0.05) is 6.58 Å². The van der Waals surface area contributed by atoms with E-state index < -0.39 is 0 Å². The third-order valence-electron chi connectivity index (χ3n) is 0.691. The second-order valence-corrected chi connectivity index (χ2v) is 2.23. The van der Waals surface area contributed by atoms with E-state index in [0.29, 0.717) is 5.57 Å². The molecule has 3 heteroatoms. The summed E-state index contributed by atoms with van der Waals surface area (Å²) in [5.41, 5.74) is 0.448. The van der Waals surface area contributed by atoms with Crippen molar-refractivity contribution >= 4 is 5.97 Å². The Morgan fingerprint density at radius 1 is 1.50 bits per heavy atom. The van der Waals surface area contributed by atoms with E-state index in [2.05, 4.69) is 6.58 Å². The summed E-state index contributed by atoms with van der Waals surface area (Å²) in [5, 5.41) is 0. The molecule has 0 amide bonds. The third-order valence-corrected chi connectivity index (χ3v) is 0.691. The van der Waals surface area contributed by atoms with Crippen LogP contribution in [0.1, 0.15) is 20.8 Å². The summed E-state index contributed by atoms with van der Waals surface area (Å²) in [6, 6.07) is 0. The fourth-order valence-electron chi connectivity index (χ4n) is 0.315. The summed E-state index contributed by atoms with van der Waals surface area (Å²) in [5.74, 6) is -0.315. The van der Waals surface area contributed by atoms with Crippen LogP contribution < -0.4 is 6.15 Å². The van der Waals surface area contributed by atoms with Gasteiger partial charge in [0.15, 0.2) is 0 Å². The molecule has 0 atom stereocenters. The Balaban J connectivity index is 0. The quantitative estimate of drug-likeness (QED) is 0.475. The van der Waals surface area contributed by atoms with Gasteiger partial charge < -0.3 is 10.9 Å². The summed E-state index contributed by atoms with van der Waals surface area (Å²) in [6.45, 7) is 8.68. The van der Waals surface area contributed by atoms with Gasteiger partial charge in [-0.2, -0.15) is 0 Å². The van der Waals surface area contributed by atoms with Gasteiger partial charge in [-0.25, -0.2) is 4.79 Å². The zero-order chi connectivity index (χ0) is 7.44. The average Bonchev–Trinajstić information content (AvgIpc) is 1.63. The maximum absolute atomic E-state index is 10.6. The average molecular weight is 145 g/mol. The molecule has 0 aliphatic carbocycles. The Hall–Kier alpha value is -0.830. The van der Waals surface area contributed by atoms with Crippen LogP contribution in [0.3, 0.4) is 0 Å². The fourth-order valence-corrected chi connectivity index (χ4v) is 0.315. The molecule has 0 bridgehead atoms. The lowest BCUT2D eigenvalue weighted by atomic mass is 10.3. The number of carbonyl (C=O) groups is 1. The van der Waals surface area contributed by atoms with Gasteiger partial charge in [-0.05, 0) is 20.8 Å². The minimum absolute atomic E-state index is 0. The van der Waals surface area contributed by atoms with E-state index in [0.717, 1.165) is 0 Å². The molecule has 0 radical (unpaired) electrons. The normalized spacial score (nSPS) is 8.40. The first-order valence-corrected chi connectivity index (χ1v) is 2.90. The van der Waals surface area contributed by atoms with Crippen LogP contribution >= 0.6 is 0 Å². The first-order chi connectivity index (χ1) is 4.04. The molecule has 0 rings (SSSR count). The van der Waals surface area contributed by atoms with Crippen molar-refractivity contribution in [3.05, 3.63) is 12.2 Å². The van der Waals surface area contributed by atoms with E-state index >= 15 is 0 Å². The van der Waals surface area contributed by atoms with Gasteiger partial charge >= 0.3 is 5.97 Å². The van der Waals surface area contributed by atoms with Gasteiger partial charge in [0.25, 0.3) is 0 Å². The topological polar surface area (TPSA) is 61.3 Å². The van der Waals surface area contributed by atoms with Crippen LogP contribution in [0.2, 0.25) is 0 Å². The predicted molar refractivity (Wildman–Crippen MR) is 41.1 cm³/mol. The highest BCUT2D eigenvalue weighted by Gasteiger charge is 2.03. The van der Waals surface area contributed by atoms with Crippen LogP contribution in [0.4, 0.5) is 0 Å². The molecule has 0 saturated carbocycles. The fraction of sp³-hybridized carbons (Fsp3) is 0.571. The van der Waals surface area contributed by atoms with E-state index in [9.17, 15) is 4.79 Å². The first-order valence-electron chi connectivity index (χ1n) is 2.90. The van der Waals surface area contributed by atoms with Gasteiger partial charge in [-0.3, -0.25) is 0 Å². The Morgan fingerprint density at radius 3 is 2.00 bits per heavy atom. The van der Waals surface area contributed by atoms with Crippen LogP contribution in [-0.2, 0) is 9.53 Å². The summed E-state index contributed by atoms with van der Waals surface area (Å²) in [7, 11) is 0. The molecule has 0 aromatic heterocycles. The SMILES string of the molecule is C=C(C)C(=O)OC(C)C.N. The number of hydrogen-bond acceptors (Lipinski definition) is 3. The Bertz CT molecular complexity index is 130. The lowest BCUT2D eigenvalue weighted by Gasteiger charge is -2.05. The van der Waals surface area contributed by atoms with E-state index in [1.165, 1.54) is 0 Å². The van der Waals surface area contributed by atoms with Crippen LogP contribution in [0.5, 0.6) is 0 Å². The molecule has 0 aromatic carbocycles. The van der Waals surface area contributed by atoms with E-state index in [1.54, 1.807) is 20.8 Å². The van der Waals surface area contributed by atoms with Crippen LogP contribution in [-0.4, -0.2) is 12.1 Å². The summed E-state index contributed by atoms with van der Waals surface area (Å²) in [6.07, 6.45) is -0.0470. The standard InChI is InChI=1S/C7H12O2.H3N/c1-5(2)7(8)9-6(3)4;/h6H,1H2,2-4H3;1H3. The number of carbonyl (C=O) groups excluding carboxylic acids is 1. The number of ether oxygens (including phenoxy) is 1. The molecule has 10 heavy (non-hydrogen) atoms. The summed E-state index contributed by atoms with van der Waals surface area (Å²) >= 11 is 0. The van der Waals surface area contributed by atoms with Crippen LogP contribution in [0, 0.1) is 0 Å². The Labute approximate surface area is 61.7 Å². The molecule has 3 N–H and O–H groups in total. The van der Waals surface area contributed by atoms with Gasteiger partial charge in [0.05, 0.1) is 6.10 Å². The zero-order valence-corrected chi connectivity index (χ0v) is 6.81. The van der Waals surface area contributed by atoms with Crippen molar-refractivity contribution in [1.29, 1.82) is 0 Å². The molecule has 0 fully saturated rings. The molecule has 60 valence electrons. The summed E-state index contributed by atoms with van der Waals surface area (Å²) in [4.78, 5) is 10.6. The number of hydrogen-bond donors (Lipinski definition) is 1. The van der Waals surface area contributed by atoms with E-state index in [-0.39, 0.29) is 18.2 Å². The first kappa shape index (κ1) is 11.9. The summed E-state index contributed by atoms with van der Waals surface area (Å²) < 4.78 is 4.77. The highest BCUT2D eigenvalue weighted by molar-refractivity contribution is 5.87. The molecular weight excluding hydrogens is 130 g/mol. The highest BCUT2D eigenvalue weighted by atomic mass is 16.5. The molecule has 0 heterocycles. The van der Waals surface area contributed by atoms with Crippen LogP contribution in [0.25, 0.3) is 0 Å². The maximum atomic E-state index is 10.6. The van der Waals surface area contributed by atoms with Crippen molar-refractivity contribution in [3.63, 3.8) is 0 Å². The third kappa shape index (κ3) is 5.31. The van der Waals surface area contributed by atoms with Crippen LogP contribution in [0.15, 0.2) is 12.2 Å². The van der Waals surface area contributed by atoms with Crippen molar-refractivity contribution < 1.29 is 9.53 Å². The second-order valence-electron chi connectivity index (χ2n) is 2.23. The highest BCUT2D eigenvalue weighted by Crippen LogP contribution is 1.95. The van der Waals surface area contributed by atoms with Crippen molar-refractivity contribution in [2.24, 2.45) is 0 Å². The van der Waals surface area contributed by atoms with Gasteiger partial charge in [0.2, 0.25) is 0 Å². The van der Waals surface area contributed by atoms with Gasteiger partial charge in [0, 0.05) is 5.57 Å². The number of esters is 1. The smallest absolute Gasteiger partial charge is 0.333 e. The predicted octanol–water partition coefficient (Wildman–Crippen LogP) is 1.68. The lowest BCUT2D eigenvalue weighted by molar-refractivity contribution is -0.142. The molecule has 3 nitrogen and oxygen atoms in total. The van der Waals surface area contributed by atoms with Gasteiger partial charge in [0.1, 0.15) is 0 Å². The number of rotatable bonds is 2. The maximum Gasteiger partial charge on any atom is 0.333 e. The molecule has 0 aliphatic rings. The Kier molecular flexibility index (Phi) is 5.95.